The lowest BCUT2D eigenvalue weighted by Crippen LogP contribution is -2.27. The molecule has 1 amide bonds. The number of aliphatic imine (C=N–C) groups is 1. The Balaban J connectivity index is 2.37. The van der Waals surface area contributed by atoms with Gasteiger partial charge in [0.1, 0.15) is 0 Å². The van der Waals surface area contributed by atoms with Crippen molar-refractivity contribution in [3.05, 3.63) is 29.8 Å². The molecule has 1 fully saturated rings. The lowest BCUT2D eigenvalue weighted by molar-refractivity contribution is -0.119. The number of aryl methyl sites for hydroxylation is 1. The second kappa shape index (κ2) is 4.25. The predicted octanol–water partition coefficient (Wildman–Crippen LogP) is 1.71. The van der Waals surface area contributed by atoms with Gasteiger partial charge in [-0.25, -0.2) is 4.99 Å². The highest BCUT2D eigenvalue weighted by Crippen LogP contribution is 2.17. The molecule has 0 atom stereocenters. The van der Waals surface area contributed by atoms with Gasteiger partial charge in [-0.05, 0) is 31.3 Å². The monoisotopic (exact) mass is 247 g/mol. The third kappa shape index (κ3) is 2.06. The molecular formula is C12H13N3OS. The lowest BCUT2D eigenvalue weighted by Gasteiger charge is -2.10. The third-order valence-electron chi connectivity index (χ3n) is 2.66. The van der Waals surface area contributed by atoms with Crippen LogP contribution >= 0.6 is 12.2 Å². The van der Waals surface area contributed by atoms with Crippen molar-refractivity contribution in [1.29, 1.82) is 0 Å². The lowest BCUT2D eigenvalue weighted by atomic mass is 10.2. The van der Waals surface area contributed by atoms with Gasteiger partial charge in [0, 0.05) is 14.1 Å². The number of likely N-dealkylation sites (N-methyl/N-ethyl adjacent to an activating group) is 2. The molecule has 1 aromatic rings. The van der Waals surface area contributed by atoms with Crippen LogP contribution in [0, 0.1) is 6.92 Å². The van der Waals surface area contributed by atoms with Crippen molar-refractivity contribution in [2.45, 2.75) is 6.92 Å². The molecule has 0 unspecified atom stereocenters. The molecule has 2 rings (SSSR count). The maximum atomic E-state index is 11.9. The van der Waals surface area contributed by atoms with Gasteiger partial charge in [0.2, 0.25) is 5.84 Å². The van der Waals surface area contributed by atoms with E-state index in [-0.39, 0.29) is 5.91 Å². The Morgan fingerprint density at radius 3 is 2.18 bits per heavy atom. The van der Waals surface area contributed by atoms with E-state index in [4.69, 9.17) is 12.2 Å². The summed E-state index contributed by atoms with van der Waals surface area (Å²) >= 11 is 5.11. The maximum Gasteiger partial charge on any atom is 0.295 e. The quantitative estimate of drug-likeness (QED) is 0.709. The van der Waals surface area contributed by atoms with Gasteiger partial charge in [0.05, 0.1) is 5.69 Å². The van der Waals surface area contributed by atoms with Crippen LogP contribution in [0.5, 0.6) is 0 Å². The molecule has 1 saturated heterocycles. The maximum absolute atomic E-state index is 11.9. The minimum Gasteiger partial charge on any atom is -0.301 e. The average molecular weight is 247 g/mol. The first-order valence-corrected chi connectivity index (χ1v) is 5.62. The van der Waals surface area contributed by atoms with E-state index in [2.05, 4.69) is 4.99 Å². The molecule has 0 aliphatic carbocycles. The highest BCUT2D eigenvalue weighted by molar-refractivity contribution is 7.80. The first kappa shape index (κ1) is 11.7. The zero-order chi connectivity index (χ0) is 12.6. The summed E-state index contributed by atoms with van der Waals surface area (Å²) in [6, 6.07) is 7.68. The first-order valence-electron chi connectivity index (χ1n) is 5.22. The summed E-state index contributed by atoms with van der Waals surface area (Å²) in [5.74, 6) is 0.194. The van der Waals surface area contributed by atoms with Crippen molar-refractivity contribution < 1.29 is 4.79 Å². The highest BCUT2D eigenvalue weighted by Gasteiger charge is 2.34. The Kier molecular flexibility index (Phi) is 2.93. The summed E-state index contributed by atoms with van der Waals surface area (Å²) in [4.78, 5) is 19.2. The van der Waals surface area contributed by atoms with Crippen molar-refractivity contribution >= 4 is 34.8 Å². The number of thiocarbonyl (C=S) groups is 1. The summed E-state index contributed by atoms with van der Waals surface area (Å²) in [5, 5.41) is 0.473. The van der Waals surface area contributed by atoms with Gasteiger partial charge in [0.15, 0.2) is 5.11 Å². The van der Waals surface area contributed by atoms with Crippen molar-refractivity contribution in [2.75, 3.05) is 14.1 Å². The molecule has 1 aliphatic heterocycles. The molecular weight excluding hydrogens is 234 g/mol. The number of amides is 1. The van der Waals surface area contributed by atoms with E-state index < -0.39 is 0 Å². The zero-order valence-corrected chi connectivity index (χ0v) is 10.8. The second-order valence-electron chi connectivity index (χ2n) is 3.98. The Labute approximate surface area is 106 Å². The average Bonchev–Trinajstić information content (AvgIpc) is 2.50. The Hall–Kier alpha value is -1.75. The van der Waals surface area contributed by atoms with Gasteiger partial charge in [-0.15, -0.1) is 0 Å². The van der Waals surface area contributed by atoms with E-state index >= 15 is 0 Å². The van der Waals surface area contributed by atoms with Gasteiger partial charge < -0.3 is 4.90 Å². The molecule has 0 radical (unpaired) electrons. The van der Waals surface area contributed by atoms with Crippen LogP contribution in [0.4, 0.5) is 5.69 Å². The number of hydrogen-bond acceptors (Lipinski definition) is 3. The number of carbonyl (C=O) groups excluding carboxylic acids is 1. The minimum absolute atomic E-state index is 0.168. The summed E-state index contributed by atoms with van der Waals surface area (Å²) in [6.45, 7) is 2.01. The van der Waals surface area contributed by atoms with Crippen LogP contribution in [0.15, 0.2) is 29.3 Å². The van der Waals surface area contributed by atoms with E-state index in [1.54, 1.807) is 19.0 Å². The van der Waals surface area contributed by atoms with E-state index in [0.717, 1.165) is 11.3 Å². The fourth-order valence-corrected chi connectivity index (χ4v) is 1.73. The molecule has 0 aromatic heterocycles. The van der Waals surface area contributed by atoms with Crippen molar-refractivity contribution in [3.8, 4) is 0 Å². The number of hydrogen-bond donors (Lipinski definition) is 0. The summed E-state index contributed by atoms with van der Waals surface area (Å²) < 4.78 is 0. The Morgan fingerprint density at radius 1 is 1.12 bits per heavy atom. The molecule has 88 valence electrons. The molecule has 0 N–H and O–H groups in total. The van der Waals surface area contributed by atoms with E-state index in [0.29, 0.717) is 10.9 Å². The van der Waals surface area contributed by atoms with Gasteiger partial charge in [0.25, 0.3) is 5.91 Å². The fraction of sp³-hybridized carbons (Fsp3) is 0.250. The number of amidine groups is 1. The first-order chi connectivity index (χ1) is 8.00. The standard InChI is InChI=1S/C12H13N3OS/c1-8-4-6-9(7-5-8)13-10-11(16)15(3)12(17)14(10)2/h4-7H,1-3H3. The minimum atomic E-state index is -0.168. The molecule has 1 aromatic carbocycles. The van der Waals surface area contributed by atoms with Crippen molar-refractivity contribution in [1.82, 2.24) is 9.80 Å². The number of benzene rings is 1. The van der Waals surface area contributed by atoms with Crippen LogP contribution < -0.4 is 0 Å². The molecule has 5 heteroatoms. The van der Waals surface area contributed by atoms with Gasteiger partial charge in [-0.3, -0.25) is 9.69 Å². The molecule has 0 spiro atoms. The van der Waals surface area contributed by atoms with Gasteiger partial charge in [-0.2, -0.15) is 0 Å². The van der Waals surface area contributed by atoms with Crippen molar-refractivity contribution in [3.63, 3.8) is 0 Å². The molecule has 0 saturated carbocycles. The Bertz CT molecular complexity index is 507. The van der Waals surface area contributed by atoms with Crippen LogP contribution in [-0.4, -0.2) is 40.8 Å². The largest absolute Gasteiger partial charge is 0.301 e. The molecule has 17 heavy (non-hydrogen) atoms. The molecule has 1 aliphatic rings. The number of carbonyl (C=O) groups is 1. The Morgan fingerprint density at radius 2 is 1.71 bits per heavy atom. The van der Waals surface area contributed by atoms with Crippen molar-refractivity contribution in [2.24, 2.45) is 4.99 Å². The second-order valence-corrected chi connectivity index (χ2v) is 4.34. The predicted molar refractivity (Wildman–Crippen MR) is 71.4 cm³/mol. The SMILES string of the molecule is Cc1ccc(N=C2C(=O)N(C)C(=S)N2C)cc1. The van der Waals surface area contributed by atoms with Crippen LogP contribution in [0.1, 0.15) is 5.56 Å². The van der Waals surface area contributed by atoms with Gasteiger partial charge in [-0.1, -0.05) is 17.7 Å². The topological polar surface area (TPSA) is 35.9 Å². The summed E-state index contributed by atoms with van der Waals surface area (Å²) in [6.07, 6.45) is 0. The number of rotatable bonds is 1. The van der Waals surface area contributed by atoms with E-state index in [1.807, 2.05) is 31.2 Å². The van der Waals surface area contributed by atoms with Crippen LogP contribution in [0.2, 0.25) is 0 Å². The van der Waals surface area contributed by atoms with Gasteiger partial charge >= 0.3 is 0 Å². The third-order valence-corrected chi connectivity index (χ3v) is 3.20. The van der Waals surface area contributed by atoms with Crippen LogP contribution in [0.25, 0.3) is 0 Å². The summed E-state index contributed by atoms with van der Waals surface area (Å²) in [7, 11) is 3.40. The normalized spacial score (nSPS) is 18.4. The van der Waals surface area contributed by atoms with Crippen LogP contribution in [0.3, 0.4) is 0 Å². The van der Waals surface area contributed by atoms with E-state index in [1.165, 1.54) is 4.90 Å². The van der Waals surface area contributed by atoms with E-state index in [9.17, 15) is 4.79 Å². The van der Waals surface area contributed by atoms with Crippen LogP contribution in [-0.2, 0) is 4.79 Å². The smallest absolute Gasteiger partial charge is 0.295 e. The molecule has 4 nitrogen and oxygen atoms in total. The fourth-order valence-electron chi connectivity index (χ4n) is 1.56. The highest BCUT2D eigenvalue weighted by atomic mass is 32.1. The summed E-state index contributed by atoms with van der Waals surface area (Å²) in [5.41, 5.74) is 1.91. The number of nitrogens with zero attached hydrogens (tertiary/aromatic N) is 3. The molecule has 0 bridgehead atoms. The zero-order valence-electron chi connectivity index (χ0n) is 9.97. The molecule has 1 heterocycles.